The number of rotatable bonds is 6. The molecule has 0 aliphatic rings. The van der Waals surface area contributed by atoms with Crippen LogP contribution >= 0.6 is 27.7 Å². The van der Waals surface area contributed by atoms with Crippen LogP contribution in [-0.4, -0.2) is 31.5 Å². The van der Waals surface area contributed by atoms with Gasteiger partial charge in [-0.25, -0.2) is 0 Å². The minimum atomic E-state index is -0.122. The lowest BCUT2D eigenvalue weighted by atomic mass is 10.2. The van der Waals surface area contributed by atoms with Crippen molar-refractivity contribution in [2.45, 2.75) is 18.6 Å². The van der Waals surface area contributed by atoms with E-state index in [1.54, 1.807) is 18.2 Å². The van der Waals surface area contributed by atoms with Gasteiger partial charge < -0.3 is 15.0 Å². The number of anilines is 1. The van der Waals surface area contributed by atoms with Crippen LogP contribution in [-0.2, 0) is 11.3 Å². The van der Waals surface area contributed by atoms with E-state index in [4.69, 9.17) is 0 Å². The molecule has 0 saturated heterocycles. The molecule has 1 aromatic heterocycles. The zero-order valence-corrected chi connectivity index (χ0v) is 16.4. The second-order valence-corrected chi connectivity index (χ2v) is 7.27. The van der Waals surface area contributed by atoms with Gasteiger partial charge in [-0.3, -0.25) is 4.79 Å². The molecular formula is C18H17BrN4O2S. The number of thioether (sulfide) groups is 1. The van der Waals surface area contributed by atoms with Crippen LogP contribution in [0, 0.1) is 0 Å². The molecule has 1 amide bonds. The minimum absolute atomic E-state index is 0.122. The molecule has 0 spiro atoms. The lowest BCUT2D eigenvalue weighted by Crippen LogP contribution is -2.14. The first kappa shape index (κ1) is 18.5. The third-order valence-corrected chi connectivity index (χ3v) is 5.08. The summed E-state index contributed by atoms with van der Waals surface area (Å²) in [6.45, 7) is 2.60. The number of para-hydroxylation sites is 1. The maximum atomic E-state index is 12.2. The third-order valence-electron chi connectivity index (χ3n) is 3.62. The maximum absolute atomic E-state index is 12.2. The molecular weight excluding hydrogens is 416 g/mol. The number of carbonyl (C=O) groups is 1. The smallest absolute Gasteiger partial charge is 0.234 e. The van der Waals surface area contributed by atoms with Crippen molar-refractivity contribution in [1.82, 2.24) is 14.8 Å². The molecule has 0 aliphatic heterocycles. The number of benzene rings is 2. The Hall–Kier alpha value is -2.32. The summed E-state index contributed by atoms with van der Waals surface area (Å²) < 4.78 is 2.78. The van der Waals surface area contributed by atoms with Crippen LogP contribution in [0.3, 0.4) is 0 Å². The number of aromatic nitrogens is 3. The zero-order chi connectivity index (χ0) is 18.5. The number of aromatic hydroxyl groups is 1. The molecule has 3 rings (SSSR count). The highest BCUT2D eigenvalue weighted by Gasteiger charge is 2.16. The molecule has 3 aromatic rings. The number of halogens is 1. The molecule has 0 saturated carbocycles. The summed E-state index contributed by atoms with van der Waals surface area (Å²) in [7, 11) is 0. The van der Waals surface area contributed by atoms with Gasteiger partial charge in [-0.1, -0.05) is 45.9 Å². The molecule has 0 radical (unpaired) electrons. The molecule has 6 nitrogen and oxygen atoms in total. The summed E-state index contributed by atoms with van der Waals surface area (Å²) in [5.74, 6) is 0.827. The van der Waals surface area contributed by atoms with Crippen LogP contribution in [0.2, 0.25) is 0 Å². The third kappa shape index (κ3) is 4.25. The number of hydrogen-bond acceptors (Lipinski definition) is 5. The molecule has 1 heterocycles. The van der Waals surface area contributed by atoms with Gasteiger partial charge in [-0.2, -0.15) is 0 Å². The minimum Gasteiger partial charge on any atom is -0.507 e. The lowest BCUT2D eigenvalue weighted by Gasteiger charge is -2.09. The van der Waals surface area contributed by atoms with E-state index >= 15 is 0 Å². The van der Waals surface area contributed by atoms with Crippen LogP contribution < -0.4 is 5.32 Å². The van der Waals surface area contributed by atoms with E-state index in [0.717, 1.165) is 10.2 Å². The Morgan fingerprint density at radius 2 is 2.04 bits per heavy atom. The van der Waals surface area contributed by atoms with Crippen LogP contribution in [0.15, 0.2) is 58.2 Å². The van der Waals surface area contributed by atoms with Gasteiger partial charge in [0.25, 0.3) is 0 Å². The van der Waals surface area contributed by atoms with Crippen LogP contribution in [0.25, 0.3) is 11.4 Å². The van der Waals surface area contributed by atoms with Crippen molar-refractivity contribution in [2.24, 2.45) is 0 Å². The monoisotopic (exact) mass is 432 g/mol. The van der Waals surface area contributed by atoms with Gasteiger partial charge in [-0.05, 0) is 37.3 Å². The van der Waals surface area contributed by atoms with E-state index in [2.05, 4.69) is 31.4 Å². The molecule has 2 N–H and O–H groups in total. The van der Waals surface area contributed by atoms with Gasteiger partial charge in [-0.15, -0.1) is 10.2 Å². The second-order valence-electron chi connectivity index (χ2n) is 5.41. The van der Waals surface area contributed by atoms with E-state index < -0.39 is 0 Å². The first-order chi connectivity index (χ1) is 12.6. The fraction of sp³-hybridized carbons (Fsp3) is 0.167. The Kier molecular flexibility index (Phi) is 5.95. The molecule has 0 unspecified atom stereocenters. The fourth-order valence-electron chi connectivity index (χ4n) is 2.44. The van der Waals surface area contributed by atoms with Gasteiger partial charge in [0.15, 0.2) is 11.0 Å². The van der Waals surface area contributed by atoms with Crippen molar-refractivity contribution in [3.63, 3.8) is 0 Å². The predicted octanol–water partition coefficient (Wildman–Crippen LogP) is 4.16. The quantitative estimate of drug-likeness (QED) is 0.571. The highest BCUT2D eigenvalue weighted by molar-refractivity contribution is 9.10. The van der Waals surface area contributed by atoms with Gasteiger partial charge in [0.2, 0.25) is 5.91 Å². The fourth-order valence-corrected chi connectivity index (χ4v) is 3.64. The number of phenols is 1. The number of carbonyl (C=O) groups excluding carboxylic acids is 1. The van der Waals surface area contributed by atoms with E-state index in [1.807, 2.05) is 41.8 Å². The Morgan fingerprint density at radius 3 is 2.77 bits per heavy atom. The molecule has 26 heavy (non-hydrogen) atoms. The molecule has 8 heteroatoms. The first-order valence-corrected chi connectivity index (χ1v) is 9.76. The summed E-state index contributed by atoms with van der Waals surface area (Å²) >= 11 is 4.69. The van der Waals surface area contributed by atoms with Crippen molar-refractivity contribution in [3.05, 3.63) is 53.0 Å². The van der Waals surface area contributed by atoms with Gasteiger partial charge in [0.05, 0.1) is 11.3 Å². The maximum Gasteiger partial charge on any atom is 0.234 e. The SMILES string of the molecule is CCn1c(SCC(=O)Nc2cccc(Br)c2)nnc1-c1ccccc1O. The van der Waals surface area contributed by atoms with Crippen molar-refractivity contribution < 1.29 is 9.90 Å². The first-order valence-electron chi connectivity index (χ1n) is 7.98. The molecule has 2 aromatic carbocycles. The zero-order valence-electron chi connectivity index (χ0n) is 14.0. The molecule has 0 fully saturated rings. The van der Waals surface area contributed by atoms with Crippen LogP contribution in [0.5, 0.6) is 5.75 Å². The molecule has 0 bridgehead atoms. The van der Waals surface area contributed by atoms with E-state index in [1.165, 1.54) is 11.8 Å². The predicted molar refractivity (Wildman–Crippen MR) is 106 cm³/mol. The van der Waals surface area contributed by atoms with Gasteiger partial charge in [0, 0.05) is 16.7 Å². The summed E-state index contributed by atoms with van der Waals surface area (Å²) in [4.78, 5) is 12.2. The van der Waals surface area contributed by atoms with Crippen molar-refractivity contribution in [3.8, 4) is 17.1 Å². The van der Waals surface area contributed by atoms with Crippen molar-refractivity contribution >= 4 is 39.3 Å². The average Bonchev–Trinajstić information content (AvgIpc) is 3.03. The van der Waals surface area contributed by atoms with E-state index in [-0.39, 0.29) is 17.4 Å². The highest BCUT2D eigenvalue weighted by atomic mass is 79.9. The van der Waals surface area contributed by atoms with Crippen molar-refractivity contribution in [2.75, 3.05) is 11.1 Å². The lowest BCUT2D eigenvalue weighted by molar-refractivity contribution is -0.113. The van der Waals surface area contributed by atoms with Crippen LogP contribution in [0.1, 0.15) is 6.92 Å². The molecule has 0 atom stereocenters. The topological polar surface area (TPSA) is 80.0 Å². The normalized spacial score (nSPS) is 10.7. The number of amides is 1. The number of phenolic OH excluding ortho intramolecular Hbond substituents is 1. The Morgan fingerprint density at radius 1 is 1.23 bits per heavy atom. The molecule has 134 valence electrons. The van der Waals surface area contributed by atoms with E-state index in [9.17, 15) is 9.90 Å². The summed E-state index contributed by atoms with van der Waals surface area (Å²) in [5, 5.41) is 21.9. The Balaban J connectivity index is 1.71. The number of nitrogens with zero attached hydrogens (tertiary/aromatic N) is 3. The van der Waals surface area contributed by atoms with E-state index in [0.29, 0.717) is 23.1 Å². The summed E-state index contributed by atoms with van der Waals surface area (Å²) in [5.41, 5.74) is 1.35. The Labute approximate surface area is 163 Å². The Bertz CT molecular complexity index is 929. The second kappa shape index (κ2) is 8.37. The highest BCUT2D eigenvalue weighted by Crippen LogP contribution is 2.30. The summed E-state index contributed by atoms with van der Waals surface area (Å²) in [6, 6.07) is 14.4. The number of hydrogen-bond donors (Lipinski definition) is 2. The average molecular weight is 433 g/mol. The van der Waals surface area contributed by atoms with Crippen LogP contribution in [0.4, 0.5) is 5.69 Å². The largest absolute Gasteiger partial charge is 0.507 e. The van der Waals surface area contributed by atoms with Gasteiger partial charge in [0.1, 0.15) is 5.75 Å². The molecule has 0 aliphatic carbocycles. The van der Waals surface area contributed by atoms with Gasteiger partial charge >= 0.3 is 0 Å². The standard InChI is InChI=1S/C18H17BrN4O2S/c1-2-23-17(14-8-3-4-9-15(14)24)21-22-18(23)26-11-16(25)20-13-7-5-6-12(19)10-13/h3-10,24H,2,11H2,1H3,(H,20,25). The van der Waals surface area contributed by atoms with Crippen molar-refractivity contribution in [1.29, 1.82) is 0 Å². The summed E-state index contributed by atoms with van der Waals surface area (Å²) in [6.07, 6.45) is 0. The number of nitrogens with one attached hydrogen (secondary N) is 1.